The van der Waals surface area contributed by atoms with Gasteiger partial charge in [0, 0.05) is 32.8 Å². The van der Waals surface area contributed by atoms with Crippen LogP contribution in [0.1, 0.15) is 19.8 Å². The minimum Gasteiger partial charge on any atom is -0.368 e. The Bertz CT molecular complexity index is 340. The van der Waals surface area contributed by atoms with Crippen LogP contribution >= 0.6 is 0 Å². The number of rotatable bonds is 2. The normalized spacial score (nSPS) is 24.8. The molecule has 2 heterocycles. The number of carbonyl (C=O) groups is 2. The SMILES string of the molecule is C/C=C/C(=O)N1CCN(C(=O)[C@H]2CCCO2)CC1. The molecule has 0 aliphatic carbocycles. The molecule has 0 radical (unpaired) electrons. The van der Waals surface area contributed by atoms with Crippen LogP contribution in [0.5, 0.6) is 0 Å². The molecule has 2 rings (SSSR count). The molecular weight excluding hydrogens is 232 g/mol. The van der Waals surface area contributed by atoms with E-state index in [9.17, 15) is 9.59 Å². The minimum absolute atomic E-state index is 0.0294. The van der Waals surface area contributed by atoms with Gasteiger partial charge in [0.2, 0.25) is 5.91 Å². The summed E-state index contributed by atoms with van der Waals surface area (Å²) in [4.78, 5) is 27.3. The summed E-state index contributed by atoms with van der Waals surface area (Å²) >= 11 is 0. The van der Waals surface area contributed by atoms with Gasteiger partial charge in [-0.15, -0.1) is 0 Å². The Hall–Kier alpha value is -1.36. The Morgan fingerprint density at radius 2 is 1.83 bits per heavy atom. The van der Waals surface area contributed by atoms with E-state index in [1.165, 1.54) is 0 Å². The number of amides is 2. The molecular formula is C13H20N2O3. The van der Waals surface area contributed by atoms with Crippen molar-refractivity contribution in [1.82, 2.24) is 9.80 Å². The Kier molecular flexibility index (Phi) is 4.36. The molecule has 2 aliphatic rings. The van der Waals surface area contributed by atoms with Crippen LogP contribution in [0.4, 0.5) is 0 Å². The number of hydrogen-bond acceptors (Lipinski definition) is 3. The number of nitrogens with zero attached hydrogens (tertiary/aromatic N) is 2. The molecule has 0 saturated carbocycles. The molecule has 0 aromatic heterocycles. The number of carbonyl (C=O) groups excluding carboxylic acids is 2. The van der Waals surface area contributed by atoms with Gasteiger partial charge in [0.25, 0.3) is 5.91 Å². The van der Waals surface area contributed by atoms with Gasteiger partial charge in [-0.1, -0.05) is 6.08 Å². The largest absolute Gasteiger partial charge is 0.368 e. The van der Waals surface area contributed by atoms with Crippen LogP contribution in [0.25, 0.3) is 0 Å². The fourth-order valence-electron chi connectivity index (χ4n) is 2.37. The lowest BCUT2D eigenvalue weighted by molar-refractivity contribution is -0.144. The monoisotopic (exact) mass is 252 g/mol. The number of hydrogen-bond donors (Lipinski definition) is 0. The first-order valence-electron chi connectivity index (χ1n) is 6.54. The quantitative estimate of drug-likeness (QED) is 0.669. The van der Waals surface area contributed by atoms with E-state index in [-0.39, 0.29) is 17.9 Å². The van der Waals surface area contributed by atoms with Crippen LogP contribution < -0.4 is 0 Å². The molecule has 1 atom stereocenters. The summed E-state index contributed by atoms with van der Waals surface area (Å²) in [5.74, 6) is 0.118. The summed E-state index contributed by atoms with van der Waals surface area (Å²) in [5.41, 5.74) is 0. The molecule has 0 spiro atoms. The van der Waals surface area contributed by atoms with E-state index in [4.69, 9.17) is 4.74 Å². The second kappa shape index (κ2) is 6.00. The van der Waals surface area contributed by atoms with Crippen LogP contribution in [0.15, 0.2) is 12.2 Å². The first-order chi connectivity index (χ1) is 8.72. The van der Waals surface area contributed by atoms with Gasteiger partial charge in [-0.3, -0.25) is 9.59 Å². The van der Waals surface area contributed by atoms with Gasteiger partial charge in [0.15, 0.2) is 0 Å². The Balaban J connectivity index is 1.82. The fraction of sp³-hybridized carbons (Fsp3) is 0.692. The van der Waals surface area contributed by atoms with Gasteiger partial charge in [-0.25, -0.2) is 0 Å². The zero-order chi connectivity index (χ0) is 13.0. The Morgan fingerprint density at radius 3 is 2.39 bits per heavy atom. The van der Waals surface area contributed by atoms with E-state index in [0.717, 1.165) is 12.8 Å². The van der Waals surface area contributed by atoms with E-state index in [0.29, 0.717) is 32.8 Å². The van der Waals surface area contributed by atoms with Crippen molar-refractivity contribution in [1.29, 1.82) is 0 Å². The third-order valence-electron chi connectivity index (χ3n) is 3.42. The summed E-state index contributed by atoms with van der Waals surface area (Å²) < 4.78 is 5.40. The van der Waals surface area contributed by atoms with Crippen LogP contribution in [0.3, 0.4) is 0 Å². The lowest BCUT2D eigenvalue weighted by Gasteiger charge is -2.35. The Morgan fingerprint density at radius 1 is 1.17 bits per heavy atom. The predicted molar refractivity (Wildman–Crippen MR) is 66.9 cm³/mol. The van der Waals surface area contributed by atoms with Crippen LogP contribution in [0, 0.1) is 0 Å². The van der Waals surface area contributed by atoms with E-state index in [1.54, 1.807) is 17.1 Å². The molecule has 5 heteroatoms. The maximum absolute atomic E-state index is 12.1. The molecule has 2 fully saturated rings. The lowest BCUT2D eigenvalue weighted by Crippen LogP contribution is -2.52. The van der Waals surface area contributed by atoms with E-state index >= 15 is 0 Å². The Labute approximate surface area is 107 Å². The smallest absolute Gasteiger partial charge is 0.251 e. The van der Waals surface area contributed by atoms with E-state index in [2.05, 4.69) is 0 Å². The third kappa shape index (κ3) is 2.90. The molecule has 2 aliphatic heterocycles. The maximum atomic E-state index is 12.1. The van der Waals surface area contributed by atoms with Crippen LogP contribution in [-0.2, 0) is 14.3 Å². The highest BCUT2D eigenvalue weighted by molar-refractivity contribution is 5.88. The van der Waals surface area contributed by atoms with Gasteiger partial charge >= 0.3 is 0 Å². The van der Waals surface area contributed by atoms with Crippen molar-refractivity contribution in [3.8, 4) is 0 Å². The standard InChI is InChI=1S/C13H20N2O3/c1-2-4-12(16)14-6-8-15(9-7-14)13(17)11-5-3-10-18-11/h2,4,11H,3,5-10H2,1H3/b4-2+/t11-/m1/s1. The van der Waals surface area contributed by atoms with Crippen molar-refractivity contribution >= 4 is 11.8 Å². The highest BCUT2D eigenvalue weighted by Crippen LogP contribution is 2.16. The summed E-state index contributed by atoms with van der Waals surface area (Å²) in [6.07, 6.45) is 4.86. The van der Waals surface area contributed by atoms with E-state index in [1.807, 2.05) is 11.8 Å². The van der Waals surface area contributed by atoms with Crippen LogP contribution in [0.2, 0.25) is 0 Å². The minimum atomic E-state index is -0.247. The van der Waals surface area contributed by atoms with Gasteiger partial charge in [0.05, 0.1) is 0 Å². The highest BCUT2D eigenvalue weighted by atomic mass is 16.5. The second-order valence-electron chi connectivity index (χ2n) is 4.65. The van der Waals surface area contributed by atoms with Crippen molar-refractivity contribution < 1.29 is 14.3 Å². The molecule has 18 heavy (non-hydrogen) atoms. The lowest BCUT2D eigenvalue weighted by atomic mass is 10.2. The molecule has 0 bridgehead atoms. The first-order valence-corrected chi connectivity index (χ1v) is 6.54. The van der Waals surface area contributed by atoms with Crippen molar-refractivity contribution in [3.63, 3.8) is 0 Å². The van der Waals surface area contributed by atoms with Gasteiger partial charge in [-0.05, 0) is 25.8 Å². The average molecular weight is 252 g/mol. The topological polar surface area (TPSA) is 49.9 Å². The first kappa shape index (κ1) is 13.1. The molecule has 2 amide bonds. The summed E-state index contributed by atoms with van der Waals surface area (Å²) in [5, 5.41) is 0. The van der Waals surface area contributed by atoms with Crippen molar-refractivity contribution in [2.24, 2.45) is 0 Å². The van der Waals surface area contributed by atoms with Crippen molar-refractivity contribution in [2.45, 2.75) is 25.9 Å². The summed E-state index contributed by atoms with van der Waals surface area (Å²) in [6.45, 7) is 4.97. The van der Waals surface area contributed by atoms with Crippen molar-refractivity contribution in [2.75, 3.05) is 32.8 Å². The molecule has 0 aromatic carbocycles. The molecule has 100 valence electrons. The molecule has 0 N–H and O–H groups in total. The van der Waals surface area contributed by atoms with Gasteiger partial charge in [-0.2, -0.15) is 0 Å². The van der Waals surface area contributed by atoms with Crippen LogP contribution in [-0.4, -0.2) is 60.5 Å². The number of ether oxygens (including phenoxy) is 1. The van der Waals surface area contributed by atoms with E-state index < -0.39 is 0 Å². The molecule has 0 unspecified atom stereocenters. The molecule has 0 aromatic rings. The zero-order valence-electron chi connectivity index (χ0n) is 10.8. The van der Waals surface area contributed by atoms with Gasteiger partial charge in [0.1, 0.15) is 6.10 Å². The molecule has 5 nitrogen and oxygen atoms in total. The second-order valence-corrected chi connectivity index (χ2v) is 4.65. The van der Waals surface area contributed by atoms with Gasteiger partial charge < -0.3 is 14.5 Å². The summed E-state index contributed by atoms with van der Waals surface area (Å²) in [6, 6.07) is 0. The fourth-order valence-corrected chi connectivity index (χ4v) is 2.37. The third-order valence-corrected chi connectivity index (χ3v) is 3.42. The highest BCUT2D eigenvalue weighted by Gasteiger charge is 2.30. The maximum Gasteiger partial charge on any atom is 0.251 e. The van der Waals surface area contributed by atoms with Crippen molar-refractivity contribution in [3.05, 3.63) is 12.2 Å². The average Bonchev–Trinajstić information content (AvgIpc) is 2.92. The predicted octanol–water partition coefficient (Wildman–Crippen LogP) is 0.412. The molecule has 2 saturated heterocycles. The number of piperazine rings is 1. The number of allylic oxidation sites excluding steroid dienone is 1. The zero-order valence-corrected chi connectivity index (χ0v) is 10.8. The summed E-state index contributed by atoms with van der Waals surface area (Å²) in [7, 11) is 0.